The van der Waals surface area contributed by atoms with Crippen molar-refractivity contribution in [2.45, 2.75) is 64.2 Å². The number of anilines is 1. The van der Waals surface area contributed by atoms with Gasteiger partial charge < -0.3 is 5.32 Å². The number of aryl methyl sites for hydroxylation is 2. The van der Waals surface area contributed by atoms with Crippen molar-refractivity contribution in [1.29, 1.82) is 0 Å². The minimum absolute atomic E-state index is 0.0356. The summed E-state index contributed by atoms with van der Waals surface area (Å²) in [6.07, 6.45) is 8.61. The van der Waals surface area contributed by atoms with E-state index in [0.717, 1.165) is 17.8 Å². The minimum Gasteiger partial charge on any atom is -0.301 e. The topological polar surface area (TPSA) is 54.9 Å². The molecule has 1 aromatic carbocycles. The van der Waals surface area contributed by atoms with Crippen LogP contribution in [0.15, 0.2) is 24.3 Å². The van der Waals surface area contributed by atoms with Crippen molar-refractivity contribution in [3.8, 4) is 0 Å². The molecule has 0 unspecified atom stereocenters. The molecular weight excluding hydrogens is 318 g/mol. The number of carbonyl (C=O) groups excluding carboxylic acids is 1. The van der Waals surface area contributed by atoms with Gasteiger partial charge in [0, 0.05) is 12.3 Å². The van der Waals surface area contributed by atoms with Crippen LogP contribution in [-0.2, 0) is 11.2 Å². The molecule has 0 spiro atoms. The molecule has 0 bridgehead atoms. The predicted molar refractivity (Wildman–Crippen MR) is 98.5 cm³/mol. The second-order valence-electron chi connectivity index (χ2n) is 6.67. The van der Waals surface area contributed by atoms with E-state index in [4.69, 9.17) is 0 Å². The van der Waals surface area contributed by atoms with Crippen molar-refractivity contribution in [3.05, 3.63) is 40.4 Å². The normalized spacial score (nSPS) is 15.4. The maximum atomic E-state index is 12.1. The summed E-state index contributed by atoms with van der Waals surface area (Å²) in [6, 6.07) is 8.50. The zero-order chi connectivity index (χ0) is 16.8. The molecule has 3 rings (SSSR count). The van der Waals surface area contributed by atoms with Gasteiger partial charge in [0.1, 0.15) is 5.01 Å². The molecule has 5 heteroatoms. The molecule has 0 saturated heterocycles. The lowest BCUT2D eigenvalue weighted by Gasteiger charge is -2.18. The molecule has 1 saturated carbocycles. The van der Waals surface area contributed by atoms with E-state index in [9.17, 15) is 4.79 Å². The van der Waals surface area contributed by atoms with Gasteiger partial charge in [-0.1, -0.05) is 60.4 Å². The Bertz CT molecular complexity index is 660. The van der Waals surface area contributed by atoms with Crippen molar-refractivity contribution in [1.82, 2.24) is 10.2 Å². The summed E-state index contributed by atoms with van der Waals surface area (Å²) in [4.78, 5) is 12.1. The van der Waals surface area contributed by atoms with Gasteiger partial charge in [-0.15, -0.1) is 10.2 Å². The maximum Gasteiger partial charge on any atom is 0.226 e. The molecule has 1 aliphatic rings. The van der Waals surface area contributed by atoms with Gasteiger partial charge in [-0.2, -0.15) is 0 Å². The molecule has 4 nitrogen and oxygen atoms in total. The molecule has 1 fully saturated rings. The second-order valence-corrected chi connectivity index (χ2v) is 7.68. The number of aromatic nitrogens is 2. The van der Waals surface area contributed by atoms with Crippen LogP contribution < -0.4 is 5.32 Å². The van der Waals surface area contributed by atoms with Gasteiger partial charge >= 0.3 is 0 Å². The number of amides is 1. The molecule has 1 aromatic heterocycles. The first-order valence-corrected chi connectivity index (χ1v) is 9.71. The Morgan fingerprint density at radius 3 is 2.67 bits per heavy atom. The van der Waals surface area contributed by atoms with Crippen LogP contribution in [0.4, 0.5) is 5.13 Å². The van der Waals surface area contributed by atoms with E-state index in [1.807, 2.05) is 0 Å². The van der Waals surface area contributed by atoms with Gasteiger partial charge in [0.05, 0.1) is 0 Å². The average Bonchev–Trinajstić information content (AvgIpc) is 3.06. The summed E-state index contributed by atoms with van der Waals surface area (Å²) in [5.74, 6) is 0.580. The third-order valence-corrected chi connectivity index (χ3v) is 5.63. The second kappa shape index (κ2) is 8.38. The first-order valence-electron chi connectivity index (χ1n) is 8.89. The lowest BCUT2D eigenvalue weighted by molar-refractivity contribution is -0.116. The van der Waals surface area contributed by atoms with Gasteiger partial charge in [-0.3, -0.25) is 4.79 Å². The van der Waals surface area contributed by atoms with Crippen molar-refractivity contribution < 1.29 is 4.79 Å². The summed E-state index contributed by atoms with van der Waals surface area (Å²) in [5.41, 5.74) is 2.55. The highest BCUT2D eigenvalue weighted by atomic mass is 32.1. The molecule has 0 atom stereocenters. The fourth-order valence-electron chi connectivity index (χ4n) is 3.19. The fourth-order valence-corrected chi connectivity index (χ4v) is 4.12. The molecule has 0 aliphatic heterocycles. The summed E-state index contributed by atoms with van der Waals surface area (Å²) in [7, 11) is 0. The molecule has 24 heavy (non-hydrogen) atoms. The number of hydrogen-bond donors (Lipinski definition) is 1. The monoisotopic (exact) mass is 343 g/mol. The highest BCUT2D eigenvalue weighted by molar-refractivity contribution is 7.15. The van der Waals surface area contributed by atoms with Crippen molar-refractivity contribution in [2.75, 3.05) is 5.32 Å². The molecule has 2 aromatic rings. The van der Waals surface area contributed by atoms with Crippen LogP contribution in [0, 0.1) is 6.92 Å². The third kappa shape index (κ3) is 4.87. The number of nitrogens with one attached hydrogen (secondary N) is 1. The first-order chi connectivity index (χ1) is 11.7. The number of rotatable bonds is 6. The van der Waals surface area contributed by atoms with Gasteiger partial charge in [0.2, 0.25) is 11.0 Å². The Morgan fingerprint density at radius 2 is 1.92 bits per heavy atom. The standard InChI is InChI=1S/C19H25N3OS/c1-14-10-12-15(13-11-14)6-5-9-17(23)20-19-22-21-18(24-19)16-7-3-2-4-8-16/h10-13,16H,2-9H2,1H3,(H,20,22,23). The number of carbonyl (C=O) groups is 1. The van der Waals surface area contributed by atoms with Crippen molar-refractivity contribution in [3.63, 3.8) is 0 Å². The van der Waals surface area contributed by atoms with Crippen LogP contribution in [-0.4, -0.2) is 16.1 Å². The van der Waals surface area contributed by atoms with Gasteiger partial charge in [0.25, 0.3) is 0 Å². The highest BCUT2D eigenvalue weighted by Crippen LogP contribution is 2.35. The number of nitrogens with zero attached hydrogens (tertiary/aromatic N) is 2. The number of hydrogen-bond acceptors (Lipinski definition) is 4. The van der Waals surface area contributed by atoms with Crippen LogP contribution in [0.5, 0.6) is 0 Å². The third-order valence-electron chi connectivity index (χ3n) is 4.63. The summed E-state index contributed by atoms with van der Waals surface area (Å²) >= 11 is 1.55. The van der Waals surface area contributed by atoms with Crippen LogP contribution in [0.25, 0.3) is 0 Å². The van der Waals surface area contributed by atoms with E-state index < -0.39 is 0 Å². The van der Waals surface area contributed by atoms with Crippen LogP contribution in [0.2, 0.25) is 0 Å². The van der Waals surface area contributed by atoms with E-state index >= 15 is 0 Å². The molecule has 1 heterocycles. The smallest absolute Gasteiger partial charge is 0.226 e. The van der Waals surface area contributed by atoms with Crippen molar-refractivity contribution >= 4 is 22.4 Å². The quantitative estimate of drug-likeness (QED) is 0.815. The SMILES string of the molecule is Cc1ccc(CCCC(=O)Nc2nnc(C3CCCCC3)s2)cc1. The van der Waals surface area contributed by atoms with Crippen LogP contribution >= 0.6 is 11.3 Å². The van der Waals surface area contributed by atoms with Gasteiger partial charge in [0.15, 0.2) is 0 Å². The maximum absolute atomic E-state index is 12.1. The predicted octanol–water partition coefficient (Wildman–Crippen LogP) is 4.86. The molecule has 0 radical (unpaired) electrons. The van der Waals surface area contributed by atoms with Gasteiger partial charge in [-0.25, -0.2) is 0 Å². The van der Waals surface area contributed by atoms with Gasteiger partial charge in [-0.05, 0) is 38.2 Å². The average molecular weight is 343 g/mol. The fraction of sp³-hybridized carbons (Fsp3) is 0.526. The Labute approximate surface area is 147 Å². The van der Waals surface area contributed by atoms with E-state index in [-0.39, 0.29) is 5.91 Å². The van der Waals surface area contributed by atoms with Crippen molar-refractivity contribution in [2.24, 2.45) is 0 Å². The molecule has 1 amide bonds. The zero-order valence-corrected chi connectivity index (χ0v) is 15.1. The molecular formula is C19H25N3OS. The van der Waals surface area contributed by atoms with Crippen LogP contribution in [0.1, 0.15) is 67.0 Å². The Kier molecular flexibility index (Phi) is 5.96. The lowest BCUT2D eigenvalue weighted by atomic mass is 9.90. The Morgan fingerprint density at radius 1 is 1.17 bits per heavy atom. The van der Waals surface area contributed by atoms with E-state index in [2.05, 4.69) is 46.7 Å². The molecule has 128 valence electrons. The number of benzene rings is 1. The zero-order valence-electron chi connectivity index (χ0n) is 14.3. The Balaban J connectivity index is 1.43. The largest absolute Gasteiger partial charge is 0.301 e. The first kappa shape index (κ1) is 17.1. The van der Waals surface area contributed by atoms with E-state index in [0.29, 0.717) is 17.5 Å². The minimum atomic E-state index is 0.0356. The van der Waals surface area contributed by atoms with E-state index in [1.54, 1.807) is 11.3 Å². The van der Waals surface area contributed by atoms with Crippen LogP contribution in [0.3, 0.4) is 0 Å². The Hall–Kier alpha value is -1.75. The summed E-state index contributed by atoms with van der Waals surface area (Å²) in [6.45, 7) is 2.08. The highest BCUT2D eigenvalue weighted by Gasteiger charge is 2.20. The summed E-state index contributed by atoms with van der Waals surface area (Å²) < 4.78 is 0. The van der Waals surface area contributed by atoms with E-state index in [1.165, 1.54) is 43.2 Å². The molecule has 1 N–H and O–H groups in total. The lowest BCUT2D eigenvalue weighted by Crippen LogP contribution is -2.11. The molecule has 1 aliphatic carbocycles. The summed E-state index contributed by atoms with van der Waals surface area (Å²) in [5, 5.41) is 13.1.